The summed E-state index contributed by atoms with van der Waals surface area (Å²) >= 11 is 3.43. The van der Waals surface area contributed by atoms with E-state index in [9.17, 15) is 0 Å². The fourth-order valence-corrected chi connectivity index (χ4v) is 4.03. The molecule has 5 heteroatoms. The molecule has 0 aliphatic heterocycles. The van der Waals surface area contributed by atoms with Crippen LogP contribution in [0.3, 0.4) is 0 Å². The van der Waals surface area contributed by atoms with Gasteiger partial charge in [0.1, 0.15) is 0 Å². The highest BCUT2D eigenvalue weighted by atomic mass is 32.2. The van der Waals surface area contributed by atoms with Crippen molar-refractivity contribution in [3.05, 3.63) is 47.2 Å². The predicted octanol–water partition coefficient (Wildman–Crippen LogP) is 5.83. The molecule has 3 aromatic rings. The van der Waals surface area contributed by atoms with Crippen molar-refractivity contribution in [2.75, 3.05) is 27.6 Å². The standard InChI is InChI=1S/C20H20O3S2/c1-21-18-9-14(10-19(22-2)20(18)23-3)17-12-25-11-16(17)13-5-7-15(24-4)8-6-13/h5-12H,1-4H3. The molecule has 1 aromatic heterocycles. The molecule has 0 fully saturated rings. The number of thioether (sulfide) groups is 1. The lowest BCUT2D eigenvalue weighted by Gasteiger charge is -2.14. The molecule has 0 N–H and O–H groups in total. The zero-order valence-electron chi connectivity index (χ0n) is 14.7. The first-order valence-electron chi connectivity index (χ1n) is 7.72. The lowest BCUT2D eigenvalue weighted by atomic mass is 9.98. The van der Waals surface area contributed by atoms with Gasteiger partial charge in [-0.25, -0.2) is 0 Å². The van der Waals surface area contributed by atoms with Crippen LogP contribution in [-0.2, 0) is 0 Å². The molecule has 25 heavy (non-hydrogen) atoms. The summed E-state index contributed by atoms with van der Waals surface area (Å²) in [7, 11) is 4.89. The maximum absolute atomic E-state index is 5.49. The lowest BCUT2D eigenvalue weighted by molar-refractivity contribution is 0.324. The van der Waals surface area contributed by atoms with Crippen LogP contribution in [0.25, 0.3) is 22.3 Å². The minimum absolute atomic E-state index is 0.606. The van der Waals surface area contributed by atoms with Crippen molar-refractivity contribution < 1.29 is 14.2 Å². The predicted molar refractivity (Wildman–Crippen MR) is 107 cm³/mol. The van der Waals surface area contributed by atoms with Gasteiger partial charge in [0.25, 0.3) is 0 Å². The van der Waals surface area contributed by atoms with Gasteiger partial charge in [0.15, 0.2) is 11.5 Å². The van der Waals surface area contributed by atoms with Gasteiger partial charge in [0.2, 0.25) is 5.75 Å². The van der Waals surface area contributed by atoms with Crippen molar-refractivity contribution >= 4 is 23.1 Å². The molecule has 3 nitrogen and oxygen atoms in total. The molecular formula is C20H20O3S2. The fourth-order valence-electron chi connectivity index (χ4n) is 2.75. The third-order valence-corrected chi connectivity index (χ3v) is 5.53. The van der Waals surface area contributed by atoms with Crippen LogP contribution in [-0.4, -0.2) is 27.6 Å². The largest absolute Gasteiger partial charge is 0.493 e. The van der Waals surface area contributed by atoms with Crippen molar-refractivity contribution in [3.8, 4) is 39.5 Å². The molecule has 130 valence electrons. The van der Waals surface area contributed by atoms with Crippen LogP contribution in [0.2, 0.25) is 0 Å². The van der Waals surface area contributed by atoms with Gasteiger partial charge >= 0.3 is 0 Å². The third-order valence-electron chi connectivity index (χ3n) is 4.04. The molecule has 3 rings (SSSR count). The first-order chi connectivity index (χ1) is 12.2. The van der Waals surface area contributed by atoms with E-state index in [1.807, 2.05) is 12.1 Å². The Kier molecular flexibility index (Phi) is 5.56. The van der Waals surface area contributed by atoms with Crippen LogP contribution in [0.1, 0.15) is 0 Å². The molecule has 0 atom stereocenters. The number of hydrogen-bond donors (Lipinski definition) is 0. The molecule has 0 amide bonds. The molecular weight excluding hydrogens is 352 g/mol. The minimum atomic E-state index is 0.606. The van der Waals surface area contributed by atoms with E-state index in [0.717, 1.165) is 11.1 Å². The van der Waals surface area contributed by atoms with Crippen molar-refractivity contribution in [1.29, 1.82) is 0 Å². The van der Waals surface area contributed by atoms with E-state index in [-0.39, 0.29) is 0 Å². The van der Waals surface area contributed by atoms with Crippen LogP contribution in [0.15, 0.2) is 52.1 Å². The highest BCUT2D eigenvalue weighted by molar-refractivity contribution is 7.98. The molecule has 0 saturated carbocycles. The Hall–Kier alpha value is -2.11. The summed E-state index contributed by atoms with van der Waals surface area (Å²) in [6.45, 7) is 0. The quantitative estimate of drug-likeness (QED) is 0.509. The summed E-state index contributed by atoms with van der Waals surface area (Å²) in [6.07, 6.45) is 2.08. The molecule has 0 saturated heterocycles. The molecule has 0 unspecified atom stereocenters. The van der Waals surface area contributed by atoms with E-state index in [2.05, 4.69) is 41.3 Å². The van der Waals surface area contributed by atoms with E-state index < -0.39 is 0 Å². The fraction of sp³-hybridized carbons (Fsp3) is 0.200. The third kappa shape index (κ3) is 3.48. The Bertz CT molecular complexity index is 829. The van der Waals surface area contributed by atoms with Crippen molar-refractivity contribution in [1.82, 2.24) is 0 Å². The Morgan fingerprint density at radius 2 is 1.32 bits per heavy atom. The molecule has 1 heterocycles. The van der Waals surface area contributed by atoms with E-state index in [1.165, 1.54) is 16.0 Å². The Labute approximate surface area is 156 Å². The minimum Gasteiger partial charge on any atom is -0.493 e. The number of benzene rings is 2. The normalized spacial score (nSPS) is 10.6. The van der Waals surface area contributed by atoms with Gasteiger partial charge in [0, 0.05) is 16.0 Å². The summed E-state index contributed by atoms with van der Waals surface area (Å²) < 4.78 is 16.4. The first-order valence-corrected chi connectivity index (χ1v) is 9.89. The van der Waals surface area contributed by atoms with Gasteiger partial charge in [-0.15, -0.1) is 11.8 Å². The van der Waals surface area contributed by atoms with Crippen LogP contribution in [0.5, 0.6) is 17.2 Å². The van der Waals surface area contributed by atoms with Gasteiger partial charge in [-0.1, -0.05) is 12.1 Å². The van der Waals surface area contributed by atoms with Crippen LogP contribution in [0.4, 0.5) is 0 Å². The maximum Gasteiger partial charge on any atom is 0.203 e. The average Bonchev–Trinajstić information content (AvgIpc) is 3.16. The first kappa shape index (κ1) is 17.7. The smallest absolute Gasteiger partial charge is 0.203 e. The van der Waals surface area contributed by atoms with Crippen LogP contribution >= 0.6 is 23.1 Å². The molecule has 0 radical (unpaired) electrons. The summed E-state index contributed by atoms with van der Waals surface area (Å²) in [6, 6.07) is 12.6. The summed E-state index contributed by atoms with van der Waals surface area (Å²) in [5, 5.41) is 4.32. The average molecular weight is 373 g/mol. The van der Waals surface area contributed by atoms with Crippen molar-refractivity contribution in [2.45, 2.75) is 4.90 Å². The molecule has 0 aliphatic carbocycles. The number of thiophene rings is 1. The van der Waals surface area contributed by atoms with Crippen molar-refractivity contribution in [2.24, 2.45) is 0 Å². The van der Waals surface area contributed by atoms with Crippen LogP contribution in [0, 0.1) is 0 Å². The molecule has 0 spiro atoms. The van der Waals surface area contributed by atoms with E-state index in [1.54, 1.807) is 44.4 Å². The zero-order valence-corrected chi connectivity index (χ0v) is 16.3. The Morgan fingerprint density at radius 1 is 0.760 bits per heavy atom. The molecule has 2 aromatic carbocycles. The van der Waals surface area contributed by atoms with Gasteiger partial charge in [-0.3, -0.25) is 0 Å². The Morgan fingerprint density at radius 3 is 1.80 bits per heavy atom. The lowest BCUT2D eigenvalue weighted by Crippen LogP contribution is -1.95. The number of ether oxygens (including phenoxy) is 3. The zero-order chi connectivity index (χ0) is 17.8. The topological polar surface area (TPSA) is 27.7 Å². The second kappa shape index (κ2) is 7.85. The second-order valence-corrected chi connectivity index (χ2v) is 6.96. The van der Waals surface area contributed by atoms with Crippen molar-refractivity contribution in [3.63, 3.8) is 0 Å². The number of hydrogen-bond acceptors (Lipinski definition) is 5. The summed E-state index contributed by atoms with van der Waals surface area (Å²) in [4.78, 5) is 1.26. The molecule has 0 aliphatic rings. The van der Waals surface area contributed by atoms with Crippen LogP contribution < -0.4 is 14.2 Å². The SMILES string of the molecule is COc1cc(-c2cscc2-c2ccc(SC)cc2)cc(OC)c1OC. The van der Waals surface area contributed by atoms with Gasteiger partial charge in [-0.05, 0) is 52.4 Å². The van der Waals surface area contributed by atoms with E-state index >= 15 is 0 Å². The second-order valence-electron chi connectivity index (χ2n) is 5.34. The number of rotatable bonds is 6. The summed E-state index contributed by atoms with van der Waals surface area (Å²) in [5.74, 6) is 1.92. The van der Waals surface area contributed by atoms with E-state index in [4.69, 9.17) is 14.2 Å². The van der Waals surface area contributed by atoms with Gasteiger partial charge in [0.05, 0.1) is 21.3 Å². The van der Waals surface area contributed by atoms with Gasteiger partial charge < -0.3 is 14.2 Å². The van der Waals surface area contributed by atoms with E-state index in [0.29, 0.717) is 17.2 Å². The number of methoxy groups -OCH3 is 3. The summed E-state index contributed by atoms with van der Waals surface area (Å²) in [5.41, 5.74) is 4.59. The van der Waals surface area contributed by atoms with Gasteiger partial charge in [-0.2, -0.15) is 11.3 Å². The monoisotopic (exact) mass is 372 g/mol. The highest BCUT2D eigenvalue weighted by Gasteiger charge is 2.16. The molecule has 0 bridgehead atoms. The maximum atomic E-state index is 5.49. The highest BCUT2D eigenvalue weighted by Crippen LogP contribution is 2.44. The Balaban J connectivity index is 2.10.